The molecule has 42 heavy (non-hydrogen) atoms. The molecule has 1 aromatic heterocycles. The Kier molecular flexibility index (Phi) is 11.5. The third-order valence-electron chi connectivity index (χ3n) is 6.47. The maximum atomic E-state index is 12.7. The summed E-state index contributed by atoms with van der Waals surface area (Å²) < 4.78 is 65.7. The number of rotatable bonds is 4. The Hall–Kier alpha value is -4.15. The molecule has 0 radical (unpaired) electrons. The molecule has 232 valence electrons. The standard InChI is InChI=1S/C21H26N4O3.2C2HF3O2/c22-11-14-1-6-19-23-18(13-25(19)12-14)15-2-4-16(5-3-15)20(26)24-9-7-17(8-10-24)21(27)28;2*3-2(4,5)1(6)7/h2-5,13-14,17H,1,6-12,22H2,(H,27,28);2*(H,6,7). The van der Waals surface area contributed by atoms with Gasteiger partial charge in [-0.05, 0) is 43.9 Å². The zero-order valence-corrected chi connectivity index (χ0v) is 21.9. The lowest BCUT2D eigenvalue weighted by molar-refractivity contribution is -0.193. The summed E-state index contributed by atoms with van der Waals surface area (Å²) in [4.78, 5) is 48.1. The molecule has 1 fully saturated rings. The maximum Gasteiger partial charge on any atom is 0.490 e. The van der Waals surface area contributed by atoms with Crippen molar-refractivity contribution in [2.24, 2.45) is 17.6 Å². The quantitative estimate of drug-likeness (QED) is 0.379. The minimum atomic E-state index is -5.08. The minimum absolute atomic E-state index is 0.0367. The summed E-state index contributed by atoms with van der Waals surface area (Å²) in [7, 11) is 0. The highest BCUT2D eigenvalue weighted by Gasteiger charge is 2.39. The van der Waals surface area contributed by atoms with Gasteiger partial charge in [0.1, 0.15) is 5.82 Å². The normalized spacial score (nSPS) is 17.1. The highest BCUT2D eigenvalue weighted by molar-refractivity contribution is 5.94. The number of hydrogen-bond acceptors (Lipinski definition) is 6. The van der Waals surface area contributed by atoms with Gasteiger partial charge in [0.15, 0.2) is 0 Å². The van der Waals surface area contributed by atoms with Gasteiger partial charge in [0.05, 0.1) is 11.6 Å². The van der Waals surface area contributed by atoms with Gasteiger partial charge in [0.25, 0.3) is 5.91 Å². The molecule has 1 atom stereocenters. The lowest BCUT2D eigenvalue weighted by Gasteiger charge is -2.30. The molecule has 0 saturated carbocycles. The number of piperidine rings is 1. The van der Waals surface area contributed by atoms with Crippen molar-refractivity contribution < 1.29 is 60.8 Å². The SMILES string of the molecule is NCC1CCc2nc(-c3ccc(C(=O)N4CCC(C(=O)O)CC4)cc3)cn2C1.O=C(O)C(F)(F)F.O=C(O)C(F)(F)F. The van der Waals surface area contributed by atoms with Crippen LogP contribution in [0.15, 0.2) is 30.5 Å². The molecular weight excluding hydrogens is 582 g/mol. The van der Waals surface area contributed by atoms with Gasteiger partial charge in [0.2, 0.25) is 0 Å². The lowest BCUT2D eigenvalue weighted by Crippen LogP contribution is -2.40. The first kappa shape index (κ1) is 34.1. The number of carboxylic acid groups (broad SMARTS) is 3. The summed E-state index contributed by atoms with van der Waals surface area (Å²) in [6, 6.07) is 7.54. The Bertz CT molecular complexity index is 1230. The van der Waals surface area contributed by atoms with E-state index in [1.165, 1.54) is 0 Å². The van der Waals surface area contributed by atoms with Gasteiger partial charge in [-0.1, -0.05) is 12.1 Å². The van der Waals surface area contributed by atoms with Crippen molar-refractivity contribution >= 4 is 23.8 Å². The number of amides is 1. The van der Waals surface area contributed by atoms with Crippen LogP contribution >= 0.6 is 0 Å². The molecule has 1 unspecified atom stereocenters. The molecule has 1 aromatic carbocycles. The van der Waals surface area contributed by atoms with Crippen LogP contribution in [0.3, 0.4) is 0 Å². The van der Waals surface area contributed by atoms with E-state index in [0.29, 0.717) is 44.0 Å². The van der Waals surface area contributed by atoms with Crippen molar-refractivity contribution in [2.45, 2.75) is 44.6 Å². The van der Waals surface area contributed by atoms with Gasteiger partial charge >= 0.3 is 30.3 Å². The number of aryl methyl sites for hydroxylation is 1. The molecule has 0 spiro atoms. The zero-order valence-electron chi connectivity index (χ0n) is 21.9. The van der Waals surface area contributed by atoms with Crippen molar-refractivity contribution in [1.82, 2.24) is 14.5 Å². The van der Waals surface area contributed by atoms with Gasteiger partial charge < -0.3 is 30.5 Å². The van der Waals surface area contributed by atoms with Crippen molar-refractivity contribution in [3.05, 3.63) is 41.9 Å². The fourth-order valence-electron chi connectivity index (χ4n) is 4.14. The van der Waals surface area contributed by atoms with Gasteiger partial charge in [-0.3, -0.25) is 9.59 Å². The number of alkyl halides is 6. The van der Waals surface area contributed by atoms with E-state index < -0.39 is 30.3 Å². The number of aliphatic carboxylic acids is 3. The second-order valence-electron chi connectivity index (χ2n) is 9.42. The van der Waals surface area contributed by atoms with E-state index in [4.69, 9.17) is 35.6 Å². The molecule has 2 aliphatic heterocycles. The molecule has 2 aromatic rings. The molecule has 11 nitrogen and oxygen atoms in total. The van der Waals surface area contributed by atoms with E-state index in [1.54, 1.807) is 4.90 Å². The molecule has 1 saturated heterocycles. The first-order chi connectivity index (χ1) is 19.4. The van der Waals surface area contributed by atoms with E-state index >= 15 is 0 Å². The summed E-state index contributed by atoms with van der Waals surface area (Å²) in [5.74, 6) is -5.04. The average Bonchev–Trinajstić information content (AvgIpc) is 3.36. The number of carbonyl (C=O) groups is 4. The largest absolute Gasteiger partial charge is 0.490 e. The first-order valence-electron chi connectivity index (χ1n) is 12.4. The second kappa shape index (κ2) is 14.2. The van der Waals surface area contributed by atoms with Crippen molar-refractivity contribution in [2.75, 3.05) is 19.6 Å². The fraction of sp³-hybridized carbons (Fsp3) is 0.480. The number of halogens is 6. The maximum absolute atomic E-state index is 12.7. The molecule has 0 bridgehead atoms. The highest BCUT2D eigenvalue weighted by atomic mass is 19.4. The molecule has 1 amide bonds. The smallest absolute Gasteiger partial charge is 0.481 e. The Morgan fingerprint density at radius 3 is 1.81 bits per heavy atom. The molecule has 5 N–H and O–H groups in total. The Balaban J connectivity index is 0.000000367. The molecular formula is C25H28F6N4O7. The summed E-state index contributed by atoms with van der Waals surface area (Å²) in [6.07, 6.45) is -5.03. The predicted molar refractivity (Wildman–Crippen MR) is 132 cm³/mol. The number of fused-ring (bicyclic) bond motifs is 1. The van der Waals surface area contributed by atoms with Gasteiger partial charge in [-0.2, -0.15) is 26.3 Å². The van der Waals surface area contributed by atoms with Gasteiger partial charge in [0, 0.05) is 43.4 Å². The summed E-state index contributed by atoms with van der Waals surface area (Å²) in [6.45, 7) is 2.61. The number of nitrogens with two attached hydrogens (primary N) is 1. The van der Waals surface area contributed by atoms with E-state index in [1.807, 2.05) is 24.3 Å². The zero-order chi connectivity index (χ0) is 31.8. The van der Waals surface area contributed by atoms with Crippen molar-refractivity contribution in [3.8, 4) is 11.3 Å². The van der Waals surface area contributed by atoms with Gasteiger partial charge in [-0.15, -0.1) is 0 Å². The average molecular weight is 611 g/mol. The number of likely N-dealkylation sites (tertiary alicyclic amines) is 1. The fourth-order valence-corrected chi connectivity index (χ4v) is 4.14. The topological polar surface area (TPSA) is 176 Å². The summed E-state index contributed by atoms with van der Waals surface area (Å²) >= 11 is 0. The van der Waals surface area contributed by atoms with Crippen LogP contribution in [0.1, 0.15) is 35.4 Å². The second-order valence-corrected chi connectivity index (χ2v) is 9.42. The molecule has 17 heteroatoms. The van der Waals surface area contributed by atoms with E-state index in [0.717, 1.165) is 36.5 Å². The summed E-state index contributed by atoms with van der Waals surface area (Å²) in [5, 5.41) is 23.3. The molecule has 3 heterocycles. The third kappa shape index (κ3) is 9.74. The predicted octanol–water partition coefficient (Wildman–Crippen LogP) is 3.27. The molecule has 0 aliphatic carbocycles. The van der Waals surface area contributed by atoms with Crippen LogP contribution in [0.2, 0.25) is 0 Å². The highest BCUT2D eigenvalue weighted by Crippen LogP contribution is 2.26. The number of carboxylic acids is 3. The number of aromatic nitrogens is 2. The Labute approximate surface area is 234 Å². The van der Waals surface area contributed by atoms with Crippen LogP contribution in [0.4, 0.5) is 26.3 Å². The minimum Gasteiger partial charge on any atom is -0.481 e. The third-order valence-corrected chi connectivity index (χ3v) is 6.47. The van der Waals surface area contributed by atoms with Gasteiger partial charge in [-0.25, -0.2) is 14.6 Å². The number of carbonyl (C=O) groups excluding carboxylic acids is 1. The van der Waals surface area contributed by atoms with Crippen LogP contribution in [-0.2, 0) is 27.3 Å². The Morgan fingerprint density at radius 2 is 1.38 bits per heavy atom. The van der Waals surface area contributed by atoms with E-state index in [-0.39, 0.29) is 11.8 Å². The first-order valence-corrected chi connectivity index (χ1v) is 12.4. The molecule has 4 rings (SSSR count). The number of benzene rings is 1. The Morgan fingerprint density at radius 1 is 0.881 bits per heavy atom. The van der Waals surface area contributed by atoms with Crippen LogP contribution in [-0.4, -0.2) is 85.6 Å². The monoisotopic (exact) mass is 610 g/mol. The van der Waals surface area contributed by atoms with E-state index in [2.05, 4.69) is 10.8 Å². The van der Waals surface area contributed by atoms with Crippen molar-refractivity contribution in [1.29, 1.82) is 0 Å². The van der Waals surface area contributed by atoms with Crippen LogP contribution in [0.25, 0.3) is 11.3 Å². The number of imidazole rings is 1. The van der Waals surface area contributed by atoms with Crippen molar-refractivity contribution in [3.63, 3.8) is 0 Å². The number of hydrogen-bond donors (Lipinski definition) is 4. The lowest BCUT2D eigenvalue weighted by atomic mass is 9.96. The molecule has 2 aliphatic rings. The summed E-state index contributed by atoms with van der Waals surface area (Å²) in [5.41, 5.74) is 8.36. The number of nitrogens with zero attached hydrogens (tertiary/aromatic N) is 3. The van der Waals surface area contributed by atoms with Crippen LogP contribution in [0, 0.1) is 11.8 Å². The van der Waals surface area contributed by atoms with E-state index in [9.17, 15) is 35.9 Å². The van der Waals surface area contributed by atoms with Crippen LogP contribution < -0.4 is 5.73 Å². The van der Waals surface area contributed by atoms with Crippen LogP contribution in [0.5, 0.6) is 0 Å².